The van der Waals surface area contributed by atoms with Crippen LogP contribution in [0.1, 0.15) is 31.7 Å². The lowest BCUT2D eigenvalue weighted by Gasteiger charge is -2.08. The molecule has 0 saturated heterocycles. The first kappa shape index (κ1) is 13.9. The summed E-state index contributed by atoms with van der Waals surface area (Å²) in [6.45, 7) is 3.89. The van der Waals surface area contributed by atoms with Crippen LogP contribution in [0.5, 0.6) is 5.75 Å². The third kappa shape index (κ3) is 5.30. The molecule has 1 aromatic carbocycles. The van der Waals surface area contributed by atoms with Gasteiger partial charge < -0.3 is 15.4 Å². The highest BCUT2D eigenvalue weighted by Gasteiger charge is 2.19. The lowest BCUT2D eigenvalue weighted by atomic mass is 10.2. The van der Waals surface area contributed by atoms with E-state index >= 15 is 0 Å². The molecule has 0 spiro atoms. The first-order valence-corrected chi connectivity index (χ1v) is 6.99. The minimum absolute atomic E-state index is 0.0362. The molecule has 2 rings (SSSR count). The molecule has 4 heteroatoms. The fourth-order valence-corrected chi connectivity index (χ4v) is 1.84. The highest BCUT2D eigenvalue weighted by Crippen LogP contribution is 2.20. The Labute approximate surface area is 114 Å². The zero-order valence-electron chi connectivity index (χ0n) is 11.4. The molecule has 19 heavy (non-hydrogen) atoms. The van der Waals surface area contributed by atoms with E-state index in [2.05, 4.69) is 16.7 Å². The van der Waals surface area contributed by atoms with Crippen LogP contribution < -0.4 is 15.4 Å². The van der Waals surface area contributed by atoms with E-state index in [1.807, 2.05) is 25.1 Å². The van der Waals surface area contributed by atoms with E-state index in [1.54, 1.807) is 0 Å². The summed E-state index contributed by atoms with van der Waals surface area (Å²) in [5.74, 6) is 0.869. The van der Waals surface area contributed by atoms with E-state index in [0.29, 0.717) is 25.6 Å². The molecule has 0 aromatic heterocycles. The Morgan fingerprint density at radius 2 is 2.26 bits per heavy atom. The molecular weight excluding hydrogens is 240 g/mol. The third-order valence-corrected chi connectivity index (χ3v) is 3.04. The summed E-state index contributed by atoms with van der Waals surface area (Å²) in [5.41, 5.74) is 1.22. The largest absolute Gasteiger partial charge is 0.493 e. The maximum absolute atomic E-state index is 11.3. The highest BCUT2D eigenvalue weighted by atomic mass is 16.5. The predicted molar refractivity (Wildman–Crippen MR) is 75.1 cm³/mol. The molecule has 1 fully saturated rings. The number of carbonyl (C=O) groups excluding carboxylic acids is 1. The summed E-state index contributed by atoms with van der Waals surface area (Å²) in [7, 11) is 0. The zero-order valence-corrected chi connectivity index (χ0v) is 11.4. The monoisotopic (exact) mass is 262 g/mol. The molecule has 1 aliphatic rings. The van der Waals surface area contributed by atoms with Crippen LogP contribution in [0.3, 0.4) is 0 Å². The number of hydrogen-bond acceptors (Lipinski definition) is 3. The van der Waals surface area contributed by atoms with Crippen LogP contribution in [0, 0.1) is 0 Å². The number of hydrogen-bond donors (Lipinski definition) is 2. The van der Waals surface area contributed by atoms with Crippen molar-refractivity contribution in [3.05, 3.63) is 29.8 Å². The average Bonchev–Trinajstić information content (AvgIpc) is 3.21. The Morgan fingerprint density at radius 3 is 3.00 bits per heavy atom. The van der Waals surface area contributed by atoms with Crippen LogP contribution >= 0.6 is 0 Å². The van der Waals surface area contributed by atoms with E-state index in [0.717, 1.165) is 12.3 Å². The quantitative estimate of drug-likeness (QED) is 0.751. The molecule has 2 N–H and O–H groups in total. The van der Waals surface area contributed by atoms with Gasteiger partial charge in [-0.15, -0.1) is 0 Å². The van der Waals surface area contributed by atoms with Crippen LogP contribution in [0.15, 0.2) is 24.3 Å². The molecule has 1 aliphatic carbocycles. The zero-order chi connectivity index (χ0) is 13.5. The predicted octanol–water partition coefficient (Wildman–Crippen LogP) is 1.84. The van der Waals surface area contributed by atoms with Crippen LogP contribution in [-0.2, 0) is 11.3 Å². The fourth-order valence-electron chi connectivity index (χ4n) is 1.84. The first-order valence-electron chi connectivity index (χ1n) is 6.99. The summed E-state index contributed by atoms with van der Waals surface area (Å²) in [6.07, 6.45) is 2.99. The molecule has 4 nitrogen and oxygen atoms in total. The standard InChI is InChI=1S/C15H22N2O2/c1-2-16-15(18)8-9-19-14-5-3-4-12(10-14)11-17-13-6-7-13/h3-5,10,13,17H,2,6-9,11H2,1H3,(H,16,18). The SMILES string of the molecule is CCNC(=O)CCOc1cccc(CNC2CC2)c1. The minimum atomic E-state index is 0.0362. The van der Waals surface area contributed by atoms with Gasteiger partial charge in [-0.2, -0.15) is 0 Å². The maximum Gasteiger partial charge on any atom is 0.223 e. The molecule has 0 bridgehead atoms. The molecule has 104 valence electrons. The van der Waals surface area contributed by atoms with Crippen LogP contribution in [0.4, 0.5) is 0 Å². The normalized spacial score (nSPS) is 14.2. The van der Waals surface area contributed by atoms with Gasteiger partial charge in [0.05, 0.1) is 13.0 Å². The van der Waals surface area contributed by atoms with Crippen molar-refractivity contribution in [2.45, 2.75) is 38.8 Å². The number of benzene rings is 1. The molecule has 0 unspecified atom stereocenters. The Morgan fingerprint density at radius 1 is 1.42 bits per heavy atom. The second kappa shape index (κ2) is 7.14. The fraction of sp³-hybridized carbons (Fsp3) is 0.533. The van der Waals surface area contributed by atoms with Gasteiger partial charge in [0.25, 0.3) is 0 Å². The molecule has 0 atom stereocenters. The second-order valence-corrected chi connectivity index (χ2v) is 4.85. The molecule has 1 saturated carbocycles. The van der Waals surface area contributed by atoms with Crippen molar-refractivity contribution in [2.24, 2.45) is 0 Å². The van der Waals surface area contributed by atoms with Gasteiger partial charge in [0.15, 0.2) is 0 Å². The van der Waals surface area contributed by atoms with E-state index in [-0.39, 0.29) is 5.91 Å². The molecule has 0 radical (unpaired) electrons. The molecule has 0 aliphatic heterocycles. The summed E-state index contributed by atoms with van der Waals surface area (Å²) in [5, 5.41) is 6.23. The Kier molecular flexibility index (Phi) is 5.21. The molecule has 0 heterocycles. The van der Waals surface area contributed by atoms with E-state index in [9.17, 15) is 4.79 Å². The number of amides is 1. The first-order chi connectivity index (χ1) is 9.28. The van der Waals surface area contributed by atoms with Gasteiger partial charge in [0.1, 0.15) is 5.75 Å². The van der Waals surface area contributed by atoms with Gasteiger partial charge in [0.2, 0.25) is 5.91 Å². The Balaban J connectivity index is 1.72. The summed E-state index contributed by atoms with van der Waals surface area (Å²) in [4.78, 5) is 11.3. The number of rotatable bonds is 8. The average molecular weight is 262 g/mol. The van der Waals surface area contributed by atoms with E-state index in [1.165, 1.54) is 18.4 Å². The summed E-state index contributed by atoms with van der Waals surface area (Å²) >= 11 is 0. The molecule has 1 aromatic rings. The summed E-state index contributed by atoms with van der Waals surface area (Å²) in [6, 6.07) is 8.75. The maximum atomic E-state index is 11.3. The van der Waals surface area contributed by atoms with Crippen LogP contribution in [-0.4, -0.2) is 25.1 Å². The van der Waals surface area contributed by atoms with Gasteiger partial charge in [-0.3, -0.25) is 4.79 Å². The van der Waals surface area contributed by atoms with Crippen molar-refractivity contribution < 1.29 is 9.53 Å². The van der Waals surface area contributed by atoms with Gasteiger partial charge in [-0.1, -0.05) is 12.1 Å². The summed E-state index contributed by atoms with van der Waals surface area (Å²) < 4.78 is 5.60. The van der Waals surface area contributed by atoms with Crippen LogP contribution in [0.25, 0.3) is 0 Å². The number of nitrogens with one attached hydrogen (secondary N) is 2. The van der Waals surface area contributed by atoms with E-state index < -0.39 is 0 Å². The topological polar surface area (TPSA) is 50.4 Å². The lowest BCUT2D eigenvalue weighted by molar-refractivity contribution is -0.121. The van der Waals surface area contributed by atoms with Crippen molar-refractivity contribution in [2.75, 3.05) is 13.2 Å². The number of carbonyl (C=O) groups is 1. The van der Waals surface area contributed by atoms with Crippen molar-refractivity contribution in [3.63, 3.8) is 0 Å². The van der Waals surface area contributed by atoms with Crippen LogP contribution in [0.2, 0.25) is 0 Å². The van der Waals surface area contributed by atoms with Crippen molar-refractivity contribution in [1.82, 2.24) is 10.6 Å². The van der Waals surface area contributed by atoms with Crippen molar-refractivity contribution in [3.8, 4) is 5.75 Å². The van der Waals surface area contributed by atoms with Gasteiger partial charge >= 0.3 is 0 Å². The van der Waals surface area contributed by atoms with Gasteiger partial charge in [-0.25, -0.2) is 0 Å². The highest BCUT2D eigenvalue weighted by molar-refractivity contribution is 5.75. The third-order valence-electron chi connectivity index (χ3n) is 3.04. The second-order valence-electron chi connectivity index (χ2n) is 4.85. The number of ether oxygens (including phenoxy) is 1. The van der Waals surface area contributed by atoms with Gasteiger partial charge in [0, 0.05) is 19.1 Å². The van der Waals surface area contributed by atoms with Crippen molar-refractivity contribution >= 4 is 5.91 Å². The van der Waals surface area contributed by atoms with Gasteiger partial charge in [-0.05, 0) is 37.5 Å². The Hall–Kier alpha value is -1.55. The molecular formula is C15H22N2O2. The van der Waals surface area contributed by atoms with Crippen molar-refractivity contribution in [1.29, 1.82) is 0 Å². The smallest absolute Gasteiger partial charge is 0.223 e. The lowest BCUT2D eigenvalue weighted by Crippen LogP contribution is -2.24. The van der Waals surface area contributed by atoms with E-state index in [4.69, 9.17) is 4.74 Å². The Bertz CT molecular complexity index is 416. The minimum Gasteiger partial charge on any atom is -0.493 e. The molecule has 1 amide bonds.